The average Bonchev–Trinajstić information content (AvgIpc) is 2.46. The standard InChI is InChI=1S/C17H31N3O/c1-4-13-21-17-15(18)10-11-16(20-17)19-12-8-6-5-7-9-14(2)3/h10-11,14H,4-9,12-13,18H2,1-3H3,(H,19,20). The molecule has 1 aromatic heterocycles. The third kappa shape index (κ3) is 7.78. The molecule has 0 amide bonds. The molecule has 0 unspecified atom stereocenters. The van der Waals surface area contributed by atoms with E-state index < -0.39 is 0 Å². The summed E-state index contributed by atoms with van der Waals surface area (Å²) >= 11 is 0. The fourth-order valence-corrected chi connectivity index (χ4v) is 2.11. The van der Waals surface area contributed by atoms with E-state index in [0.29, 0.717) is 18.2 Å². The van der Waals surface area contributed by atoms with Crippen LogP contribution in [0.15, 0.2) is 12.1 Å². The van der Waals surface area contributed by atoms with Crippen molar-refractivity contribution in [2.75, 3.05) is 24.2 Å². The maximum atomic E-state index is 5.85. The van der Waals surface area contributed by atoms with E-state index in [1.54, 1.807) is 0 Å². The predicted molar refractivity (Wildman–Crippen MR) is 90.8 cm³/mol. The lowest BCUT2D eigenvalue weighted by molar-refractivity contribution is 0.307. The zero-order valence-corrected chi connectivity index (χ0v) is 13.8. The van der Waals surface area contributed by atoms with Crippen molar-refractivity contribution in [3.63, 3.8) is 0 Å². The first-order chi connectivity index (χ1) is 10.1. The number of hydrogen-bond donors (Lipinski definition) is 2. The molecule has 0 bridgehead atoms. The molecular weight excluding hydrogens is 262 g/mol. The quantitative estimate of drug-likeness (QED) is 0.591. The van der Waals surface area contributed by atoms with Crippen LogP contribution in [-0.4, -0.2) is 18.1 Å². The maximum absolute atomic E-state index is 5.85. The van der Waals surface area contributed by atoms with Gasteiger partial charge in [0.15, 0.2) is 0 Å². The van der Waals surface area contributed by atoms with Gasteiger partial charge in [0.25, 0.3) is 0 Å². The molecule has 1 heterocycles. The van der Waals surface area contributed by atoms with E-state index >= 15 is 0 Å². The average molecular weight is 293 g/mol. The van der Waals surface area contributed by atoms with Gasteiger partial charge in [0.1, 0.15) is 5.82 Å². The Labute approximate surface area is 129 Å². The molecule has 0 radical (unpaired) electrons. The van der Waals surface area contributed by atoms with E-state index in [2.05, 4.69) is 31.1 Å². The summed E-state index contributed by atoms with van der Waals surface area (Å²) < 4.78 is 5.53. The lowest BCUT2D eigenvalue weighted by atomic mass is 10.0. The molecule has 0 spiro atoms. The van der Waals surface area contributed by atoms with E-state index in [1.807, 2.05) is 12.1 Å². The van der Waals surface area contributed by atoms with E-state index in [-0.39, 0.29) is 0 Å². The Kier molecular flexibility index (Phi) is 8.63. The number of pyridine rings is 1. The van der Waals surface area contributed by atoms with Crippen LogP contribution in [0, 0.1) is 5.92 Å². The lowest BCUT2D eigenvalue weighted by Gasteiger charge is -2.10. The smallest absolute Gasteiger partial charge is 0.239 e. The molecule has 0 aliphatic rings. The highest BCUT2D eigenvalue weighted by Gasteiger charge is 2.03. The molecule has 0 aliphatic heterocycles. The van der Waals surface area contributed by atoms with Crippen LogP contribution >= 0.6 is 0 Å². The van der Waals surface area contributed by atoms with Gasteiger partial charge in [-0.3, -0.25) is 0 Å². The molecule has 3 N–H and O–H groups in total. The molecular formula is C17H31N3O. The number of rotatable bonds is 11. The third-order valence-corrected chi connectivity index (χ3v) is 3.35. The van der Waals surface area contributed by atoms with Gasteiger partial charge in [-0.2, -0.15) is 4.98 Å². The van der Waals surface area contributed by atoms with Gasteiger partial charge in [0, 0.05) is 6.54 Å². The molecule has 4 heteroatoms. The number of aromatic nitrogens is 1. The van der Waals surface area contributed by atoms with Crippen LogP contribution in [0.2, 0.25) is 0 Å². The predicted octanol–water partition coefficient (Wildman–Crippen LogP) is 4.47. The van der Waals surface area contributed by atoms with Crippen molar-refractivity contribution in [2.24, 2.45) is 5.92 Å². The highest BCUT2D eigenvalue weighted by molar-refractivity contribution is 5.53. The summed E-state index contributed by atoms with van der Waals surface area (Å²) in [7, 11) is 0. The highest BCUT2D eigenvalue weighted by atomic mass is 16.5. The van der Waals surface area contributed by atoms with Crippen LogP contribution in [-0.2, 0) is 0 Å². The summed E-state index contributed by atoms with van der Waals surface area (Å²) in [5, 5.41) is 3.34. The van der Waals surface area contributed by atoms with Crippen molar-refractivity contribution >= 4 is 11.5 Å². The molecule has 0 atom stereocenters. The number of hydrogen-bond acceptors (Lipinski definition) is 4. The van der Waals surface area contributed by atoms with Crippen LogP contribution in [0.25, 0.3) is 0 Å². The Morgan fingerprint density at radius 1 is 1.19 bits per heavy atom. The monoisotopic (exact) mass is 293 g/mol. The fourth-order valence-electron chi connectivity index (χ4n) is 2.11. The van der Waals surface area contributed by atoms with Gasteiger partial charge in [-0.15, -0.1) is 0 Å². The largest absolute Gasteiger partial charge is 0.476 e. The van der Waals surface area contributed by atoms with Gasteiger partial charge < -0.3 is 15.8 Å². The Morgan fingerprint density at radius 2 is 1.95 bits per heavy atom. The van der Waals surface area contributed by atoms with Crippen LogP contribution in [0.4, 0.5) is 11.5 Å². The Bertz CT molecular complexity index is 394. The minimum Gasteiger partial charge on any atom is -0.476 e. The molecule has 120 valence electrons. The van der Waals surface area contributed by atoms with E-state index in [9.17, 15) is 0 Å². The van der Waals surface area contributed by atoms with Gasteiger partial charge in [-0.05, 0) is 30.9 Å². The fraction of sp³-hybridized carbons (Fsp3) is 0.706. The van der Waals surface area contributed by atoms with Gasteiger partial charge in [-0.1, -0.05) is 46.5 Å². The zero-order valence-electron chi connectivity index (χ0n) is 13.8. The summed E-state index contributed by atoms with van der Waals surface area (Å²) in [5.74, 6) is 2.21. The minimum absolute atomic E-state index is 0.541. The van der Waals surface area contributed by atoms with E-state index in [1.165, 1.54) is 32.1 Å². The molecule has 0 aromatic carbocycles. The Morgan fingerprint density at radius 3 is 2.67 bits per heavy atom. The topological polar surface area (TPSA) is 60.2 Å². The summed E-state index contributed by atoms with van der Waals surface area (Å²) in [4.78, 5) is 4.41. The van der Waals surface area contributed by atoms with Crippen molar-refractivity contribution in [1.82, 2.24) is 4.98 Å². The first kappa shape index (κ1) is 17.6. The molecule has 0 saturated carbocycles. The van der Waals surface area contributed by atoms with Crippen LogP contribution in [0.3, 0.4) is 0 Å². The lowest BCUT2D eigenvalue weighted by Crippen LogP contribution is -2.06. The van der Waals surface area contributed by atoms with Gasteiger partial charge in [0.05, 0.1) is 12.3 Å². The first-order valence-electron chi connectivity index (χ1n) is 8.26. The Hall–Kier alpha value is -1.45. The summed E-state index contributed by atoms with van der Waals surface area (Å²) in [6, 6.07) is 3.76. The van der Waals surface area contributed by atoms with Crippen LogP contribution in [0.1, 0.15) is 59.3 Å². The van der Waals surface area contributed by atoms with E-state index in [4.69, 9.17) is 10.5 Å². The second kappa shape index (κ2) is 10.3. The minimum atomic E-state index is 0.541. The number of unbranched alkanes of at least 4 members (excludes halogenated alkanes) is 3. The van der Waals surface area contributed by atoms with Crippen molar-refractivity contribution in [3.8, 4) is 5.88 Å². The second-order valence-corrected chi connectivity index (χ2v) is 5.96. The summed E-state index contributed by atoms with van der Waals surface area (Å²) in [6.07, 6.45) is 7.40. The van der Waals surface area contributed by atoms with Crippen LogP contribution < -0.4 is 15.8 Å². The molecule has 21 heavy (non-hydrogen) atoms. The van der Waals surface area contributed by atoms with Gasteiger partial charge in [0.2, 0.25) is 5.88 Å². The molecule has 0 aliphatic carbocycles. The highest BCUT2D eigenvalue weighted by Crippen LogP contribution is 2.21. The summed E-state index contributed by atoms with van der Waals surface area (Å²) in [5.41, 5.74) is 6.45. The molecule has 0 saturated heterocycles. The molecule has 0 fully saturated rings. The van der Waals surface area contributed by atoms with Crippen molar-refractivity contribution in [1.29, 1.82) is 0 Å². The third-order valence-electron chi connectivity index (χ3n) is 3.35. The second-order valence-electron chi connectivity index (χ2n) is 5.96. The van der Waals surface area contributed by atoms with E-state index in [0.717, 1.165) is 24.7 Å². The maximum Gasteiger partial charge on any atom is 0.239 e. The summed E-state index contributed by atoms with van der Waals surface area (Å²) in [6.45, 7) is 8.24. The molecule has 1 aromatic rings. The molecule has 4 nitrogen and oxygen atoms in total. The number of nitrogens with one attached hydrogen (secondary N) is 1. The number of nitrogen functional groups attached to an aromatic ring is 1. The zero-order chi connectivity index (χ0) is 15.5. The normalized spacial score (nSPS) is 10.9. The number of nitrogens with two attached hydrogens (primary N) is 1. The van der Waals surface area contributed by atoms with Crippen LogP contribution in [0.5, 0.6) is 5.88 Å². The van der Waals surface area contributed by atoms with Crippen molar-refractivity contribution in [3.05, 3.63) is 12.1 Å². The van der Waals surface area contributed by atoms with Gasteiger partial charge >= 0.3 is 0 Å². The Balaban J connectivity index is 2.22. The number of anilines is 2. The number of nitrogens with zero attached hydrogens (tertiary/aromatic N) is 1. The molecule has 1 rings (SSSR count). The SMILES string of the molecule is CCCOc1nc(NCCCCCCC(C)C)ccc1N. The van der Waals surface area contributed by atoms with Crippen molar-refractivity contribution in [2.45, 2.75) is 59.3 Å². The number of ether oxygens (including phenoxy) is 1. The first-order valence-corrected chi connectivity index (χ1v) is 8.26. The van der Waals surface area contributed by atoms with Gasteiger partial charge in [-0.25, -0.2) is 0 Å². The van der Waals surface area contributed by atoms with Crippen molar-refractivity contribution < 1.29 is 4.74 Å².